The molecule has 2 heterocycles. The molecule has 0 amide bonds. The van der Waals surface area contributed by atoms with E-state index in [4.69, 9.17) is 15.2 Å². The zero-order valence-corrected chi connectivity index (χ0v) is 14.1. The lowest BCUT2D eigenvalue weighted by molar-refractivity contribution is 0.287. The van der Waals surface area contributed by atoms with Gasteiger partial charge in [-0.1, -0.05) is 6.07 Å². The molecule has 0 aliphatic heterocycles. The molecule has 3 N–H and O–H groups in total. The van der Waals surface area contributed by atoms with E-state index in [0.29, 0.717) is 42.1 Å². The summed E-state index contributed by atoms with van der Waals surface area (Å²) in [4.78, 5) is 12.6. The van der Waals surface area contributed by atoms with Gasteiger partial charge in [0.15, 0.2) is 11.5 Å². The van der Waals surface area contributed by atoms with Gasteiger partial charge in [0.25, 0.3) is 0 Å². The lowest BCUT2D eigenvalue weighted by Gasteiger charge is -2.14. The van der Waals surface area contributed by atoms with E-state index in [9.17, 15) is 0 Å². The Morgan fingerprint density at radius 3 is 2.64 bits per heavy atom. The SMILES string of the molecule is CCOc1ccc([C@@H](N)c2nc(-c3cnccn3)n[nH]2)cc1OCC. The summed E-state index contributed by atoms with van der Waals surface area (Å²) >= 11 is 0. The maximum absolute atomic E-state index is 6.33. The molecule has 3 rings (SSSR count). The third-order valence-electron chi connectivity index (χ3n) is 3.52. The van der Waals surface area contributed by atoms with Crippen LogP contribution in [0.2, 0.25) is 0 Å². The van der Waals surface area contributed by atoms with Crippen molar-refractivity contribution in [3.63, 3.8) is 0 Å². The lowest BCUT2D eigenvalue weighted by atomic mass is 10.1. The second-order valence-corrected chi connectivity index (χ2v) is 5.18. The molecule has 25 heavy (non-hydrogen) atoms. The summed E-state index contributed by atoms with van der Waals surface area (Å²) < 4.78 is 11.2. The van der Waals surface area contributed by atoms with Crippen molar-refractivity contribution < 1.29 is 9.47 Å². The molecule has 8 heteroatoms. The summed E-state index contributed by atoms with van der Waals surface area (Å²) in [5.74, 6) is 2.34. The lowest BCUT2D eigenvalue weighted by Crippen LogP contribution is -2.14. The minimum absolute atomic E-state index is 0.453. The summed E-state index contributed by atoms with van der Waals surface area (Å²) in [6.07, 6.45) is 4.78. The number of hydrogen-bond donors (Lipinski definition) is 2. The van der Waals surface area contributed by atoms with Crippen LogP contribution in [0.25, 0.3) is 11.5 Å². The number of hydrogen-bond acceptors (Lipinski definition) is 7. The first-order chi connectivity index (χ1) is 12.2. The topological polar surface area (TPSA) is 112 Å². The van der Waals surface area contributed by atoms with Crippen LogP contribution in [0.15, 0.2) is 36.8 Å². The normalized spacial score (nSPS) is 12.0. The minimum atomic E-state index is -0.479. The van der Waals surface area contributed by atoms with Crippen molar-refractivity contribution >= 4 is 0 Å². The van der Waals surface area contributed by atoms with Gasteiger partial charge in [0, 0.05) is 12.4 Å². The van der Waals surface area contributed by atoms with Gasteiger partial charge in [0.05, 0.1) is 25.5 Å². The van der Waals surface area contributed by atoms with Crippen molar-refractivity contribution in [3.05, 3.63) is 48.2 Å². The van der Waals surface area contributed by atoms with Crippen LogP contribution >= 0.6 is 0 Å². The van der Waals surface area contributed by atoms with E-state index >= 15 is 0 Å². The molecular weight excluding hydrogens is 320 g/mol. The maximum atomic E-state index is 6.33. The summed E-state index contributed by atoms with van der Waals surface area (Å²) in [6, 6.07) is 5.13. The molecule has 1 aromatic carbocycles. The van der Waals surface area contributed by atoms with Gasteiger partial charge < -0.3 is 15.2 Å². The first-order valence-corrected chi connectivity index (χ1v) is 8.06. The minimum Gasteiger partial charge on any atom is -0.490 e. The number of H-pyrrole nitrogens is 1. The summed E-state index contributed by atoms with van der Waals surface area (Å²) in [7, 11) is 0. The van der Waals surface area contributed by atoms with E-state index in [2.05, 4.69) is 25.1 Å². The zero-order valence-electron chi connectivity index (χ0n) is 14.1. The van der Waals surface area contributed by atoms with Crippen molar-refractivity contribution in [2.24, 2.45) is 5.73 Å². The molecule has 0 aliphatic rings. The van der Waals surface area contributed by atoms with Gasteiger partial charge in [-0.3, -0.25) is 10.1 Å². The van der Waals surface area contributed by atoms with Gasteiger partial charge in [-0.15, -0.1) is 0 Å². The number of aromatic nitrogens is 5. The van der Waals surface area contributed by atoms with Gasteiger partial charge in [-0.25, -0.2) is 9.97 Å². The number of nitrogens with one attached hydrogen (secondary N) is 1. The van der Waals surface area contributed by atoms with E-state index in [1.54, 1.807) is 18.6 Å². The summed E-state index contributed by atoms with van der Waals surface area (Å²) in [6.45, 7) is 4.96. The number of aromatic amines is 1. The Kier molecular flexibility index (Phi) is 5.20. The van der Waals surface area contributed by atoms with Crippen LogP contribution < -0.4 is 15.2 Å². The molecule has 0 unspecified atom stereocenters. The first kappa shape index (κ1) is 16.8. The van der Waals surface area contributed by atoms with Crippen molar-refractivity contribution in [2.45, 2.75) is 19.9 Å². The average Bonchev–Trinajstić information content (AvgIpc) is 3.14. The van der Waals surface area contributed by atoms with Gasteiger partial charge >= 0.3 is 0 Å². The van der Waals surface area contributed by atoms with Crippen LogP contribution in [0.1, 0.15) is 31.3 Å². The Morgan fingerprint density at radius 1 is 1.12 bits per heavy atom. The second kappa shape index (κ2) is 7.71. The fourth-order valence-corrected chi connectivity index (χ4v) is 2.36. The Morgan fingerprint density at radius 2 is 1.92 bits per heavy atom. The van der Waals surface area contributed by atoms with Crippen LogP contribution in [0.5, 0.6) is 11.5 Å². The molecular formula is C17H20N6O2. The number of nitrogens with zero attached hydrogens (tertiary/aromatic N) is 4. The Labute approximate surface area is 145 Å². The highest BCUT2D eigenvalue weighted by Gasteiger charge is 2.17. The van der Waals surface area contributed by atoms with Crippen molar-refractivity contribution in [2.75, 3.05) is 13.2 Å². The third-order valence-corrected chi connectivity index (χ3v) is 3.52. The second-order valence-electron chi connectivity index (χ2n) is 5.18. The molecule has 0 aliphatic carbocycles. The maximum Gasteiger partial charge on any atom is 0.201 e. The zero-order chi connectivity index (χ0) is 17.6. The van der Waals surface area contributed by atoms with Crippen LogP contribution in [0, 0.1) is 0 Å². The number of ether oxygens (including phenoxy) is 2. The molecule has 0 radical (unpaired) electrons. The monoisotopic (exact) mass is 340 g/mol. The van der Waals surface area contributed by atoms with Crippen molar-refractivity contribution in [1.82, 2.24) is 25.1 Å². The Hall–Kier alpha value is -3.00. The van der Waals surface area contributed by atoms with E-state index in [1.807, 2.05) is 32.0 Å². The van der Waals surface area contributed by atoms with Crippen LogP contribution in [0.4, 0.5) is 0 Å². The Balaban J connectivity index is 1.86. The number of rotatable bonds is 7. The highest BCUT2D eigenvalue weighted by molar-refractivity contribution is 5.48. The van der Waals surface area contributed by atoms with Crippen LogP contribution in [-0.4, -0.2) is 38.4 Å². The fourth-order valence-electron chi connectivity index (χ4n) is 2.36. The van der Waals surface area contributed by atoms with Crippen molar-refractivity contribution in [3.8, 4) is 23.0 Å². The molecule has 0 fully saturated rings. The predicted octanol–water partition coefficient (Wildman–Crippen LogP) is 2.11. The van der Waals surface area contributed by atoms with Gasteiger partial charge in [-0.2, -0.15) is 5.10 Å². The molecule has 8 nitrogen and oxygen atoms in total. The van der Waals surface area contributed by atoms with E-state index in [-0.39, 0.29) is 0 Å². The van der Waals surface area contributed by atoms with Crippen molar-refractivity contribution in [1.29, 1.82) is 0 Å². The highest BCUT2D eigenvalue weighted by atomic mass is 16.5. The quantitative estimate of drug-likeness (QED) is 0.677. The fraction of sp³-hybridized carbons (Fsp3) is 0.294. The molecule has 130 valence electrons. The van der Waals surface area contributed by atoms with Gasteiger partial charge in [0.2, 0.25) is 5.82 Å². The molecule has 0 spiro atoms. The Bertz CT molecular complexity index is 821. The molecule has 0 saturated heterocycles. The number of nitrogens with two attached hydrogens (primary N) is 1. The predicted molar refractivity (Wildman–Crippen MR) is 92.2 cm³/mol. The summed E-state index contributed by atoms with van der Waals surface area (Å²) in [5, 5.41) is 7.03. The van der Waals surface area contributed by atoms with Crippen LogP contribution in [-0.2, 0) is 0 Å². The van der Waals surface area contributed by atoms with E-state index in [1.165, 1.54) is 0 Å². The standard InChI is InChI=1S/C17H20N6O2/c1-3-24-13-6-5-11(9-14(13)25-4-2)15(18)17-21-16(22-23-17)12-10-19-7-8-20-12/h5-10,15H,3-4,18H2,1-2H3,(H,21,22,23)/t15-/m1/s1. The molecule has 0 saturated carbocycles. The molecule has 1 atom stereocenters. The third kappa shape index (κ3) is 3.74. The molecule has 0 bridgehead atoms. The van der Waals surface area contributed by atoms with Crippen LogP contribution in [0.3, 0.4) is 0 Å². The highest BCUT2D eigenvalue weighted by Crippen LogP contribution is 2.31. The van der Waals surface area contributed by atoms with Gasteiger partial charge in [0.1, 0.15) is 11.5 Å². The van der Waals surface area contributed by atoms with E-state index in [0.717, 1.165) is 5.56 Å². The smallest absolute Gasteiger partial charge is 0.201 e. The largest absolute Gasteiger partial charge is 0.490 e. The number of benzene rings is 1. The molecule has 3 aromatic rings. The van der Waals surface area contributed by atoms with Gasteiger partial charge in [-0.05, 0) is 31.5 Å². The first-order valence-electron chi connectivity index (χ1n) is 8.06. The summed E-state index contributed by atoms with van der Waals surface area (Å²) in [5.41, 5.74) is 7.75. The average molecular weight is 340 g/mol. The molecule has 2 aromatic heterocycles. The van der Waals surface area contributed by atoms with E-state index < -0.39 is 6.04 Å².